The number of nitrogens with two attached hydrogens (primary N) is 1. The lowest BCUT2D eigenvalue weighted by atomic mass is 10.0. The number of carbonyl (C=O) groups is 1. The summed E-state index contributed by atoms with van der Waals surface area (Å²) in [6.45, 7) is 3.38. The van der Waals surface area contributed by atoms with Gasteiger partial charge in [-0.1, -0.05) is 29.8 Å². The molecule has 1 aliphatic rings. The van der Waals surface area contributed by atoms with Crippen LogP contribution in [0.4, 0.5) is 5.82 Å². The number of rotatable bonds is 5. The number of benzene rings is 1. The quantitative estimate of drug-likeness (QED) is 0.603. The van der Waals surface area contributed by atoms with Crippen LogP contribution in [0.15, 0.2) is 35.3 Å². The van der Waals surface area contributed by atoms with E-state index in [1.807, 2.05) is 24.3 Å². The smallest absolute Gasteiger partial charge is 0.356 e. The first-order valence-electron chi connectivity index (χ1n) is 10.0. The van der Waals surface area contributed by atoms with Crippen LogP contribution in [0.2, 0.25) is 5.02 Å². The number of anilines is 1. The number of aromatic nitrogens is 3. The van der Waals surface area contributed by atoms with Crippen LogP contribution in [0.3, 0.4) is 0 Å². The SMILES string of the molecule is CCOC(=O)c1cn2nc(N3CCC[C@@H](N)C3)c(Cc3ccccc3Cl)c2c(=O)[nH]1. The molecule has 1 saturated heterocycles. The standard InChI is InChI=1S/C21H24ClN5O3/c1-2-30-21(29)17-12-27-18(20(28)24-17)15(10-13-6-3-4-8-16(13)22)19(25-27)26-9-5-7-14(23)11-26/h3-4,6,8,12,14H,2,5,7,9-11,23H2,1H3,(H,24,28)/t14-/m1/s1. The average molecular weight is 430 g/mol. The Hall–Kier alpha value is -2.84. The van der Waals surface area contributed by atoms with Crippen LogP contribution in [0.25, 0.3) is 5.52 Å². The third-order valence-corrected chi connectivity index (χ3v) is 5.65. The molecule has 1 fully saturated rings. The minimum absolute atomic E-state index is 0.0464. The third kappa shape index (κ3) is 3.93. The fraction of sp³-hybridized carbons (Fsp3) is 0.381. The zero-order valence-corrected chi connectivity index (χ0v) is 17.5. The molecule has 3 aromatic rings. The molecule has 0 aliphatic carbocycles. The molecule has 0 bridgehead atoms. The first-order valence-corrected chi connectivity index (χ1v) is 10.4. The molecular weight excluding hydrogens is 406 g/mol. The van der Waals surface area contributed by atoms with E-state index in [0.717, 1.165) is 30.5 Å². The number of ether oxygens (including phenoxy) is 1. The lowest BCUT2D eigenvalue weighted by molar-refractivity contribution is 0.0518. The Morgan fingerprint density at radius 3 is 2.93 bits per heavy atom. The van der Waals surface area contributed by atoms with Crippen LogP contribution in [-0.4, -0.2) is 46.3 Å². The summed E-state index contributed by atoms with van der Waals surface area (Å²) in [6.07, 6.45) is 3.84. The summed E-state index contributed by atoms with van der Waals surface area (Å²) < 4.78 is 6.48. The summed E-state index contributed by atoms with van der Waals surface area (Å²) in [5.74, 6) is 0.0952. The van der Waals surface area contributed by atoms with Crippen LogP contribution in [0.5, 0.6) is 0 Å². The lowest BCUT2D eigenvalue weighted by Gasteiger charge is -2.31. The molecule has 1 atom stereocenters. The van der Waals surface area contributed by atoms with E-state index < -0.39 is 11.5 Å². The largest absolute Gasteiger partial charge is 0.461 e. The van der Waals surface area contributed by atoms with Crippen molar-refractivity contribution in [3.8, 4) is 0 Å². The van der Waals surface area contributed by atoms with Gasteiger partial charge >= 0.3 is 5.97 Å². The Labute approximate surface area is 178 Å². The van der Waals surface area contributed by atoms with Gasteiger partial charge in [0.25, 0.3) is 5.56 Å². The Bertz CT molecular complexity index is 1140. The monoisotopic (exact) mass is 429 g/mol. The van der Waals surface area contributed by atoms with Crippen LogP contribution < -0.4 is 16.2 Å². The third-order valence-electron chi connectivity index (χ3n) is 5.28. The number of hydrogen-bond donors (Lipinski definition) is 2. The Balaban J connectivity index is 1.87. The summed E-state index contributed by atoms with van der Waals surface area (Å²) in [6, 6.07) is 7.57. The van der Waals surface area contributed by atoms with Crippen molar-refractivity contribution in [1.82, 2.24) is 14.6 Å². The molecule has 3 N–H and O–H groups in total. The second-order valence-electron chi connectivity index (χ2n) is 7.43. The van der Waals surface area contributed by atoms with E-state index in [0.29, 0.717) is 29.3 Å². The Morgan fingerprint density at radius 1 is 1.40 bits per heavy atom. The summed E-state index contributed by atoms with van der Waals surface area (Å²) in [5.41, 5.74) is 7.88. The van der Waals surface area contributed by atoms with Gasteiger partial charge in [-0.3, -0.25) is 4.79 Å². The molecule has 0 saturated carbocycles. The summed E-state index contributed by atoms with van der Waals surface area (Å²) in [7, 11) is 0. The van der Waals surface area contributed by atoms with Crippen molar-refractivity contribution in [1.29, 1.82) is 0 Å². The van der Waals surface area contributed by atoms with E-state index >= 15 is 0 Å². The highest BCUT2D eigenvalue weighted by atomic mass is 35.5. The van der Waals surface area contributed by atoms with Crippen molar-refractivity contribution in [2.45, 2.75) is 32.2 Å². The van der Waals surface area contributed by atoms with Gasteiger partial charge in [0.1, 0.15) is 11.2 Å². The highest BCUT2D eigenvalue weighted by Crippen LogP contribution is 2.29. The van der Waals surface area contributed by atoms with Crippen molar-refractivity contribution < 1.29 is 9.53 Å². The molecule has 4 rings (SSSR count). The minimum atomic E-state index is -0.596. The van der Waals surface area contributed by atoms with Crippen molar-refractivity contribution in [2.24, 2.45) is 5.73 Å². The summed E-state index contributed by atoms with van der Waals surface area (Å²) >= 11 is 6.39. The Kier molecular flexibility index (Phi) is 5.78. The van der Waals surface area contributed by atoms with Crippen molar-refractivity contribution in [2.75, 3.05) is 24.6 Å². The molecule has 8 nitrogen and oxygen atoms in total. The molecule has 0 radical (unpaired) electrons. The predicted molar refractivity (Wildman–Crippen MR) is 115 cm³/mol. The molecule has 1 aromatic carbocycles. The zero-order chi connectivity index (χ0) is 21.3. The van der Waals surface area contributed by atoms with Gasteiger partial charge in [-0.25, -0.2) is 9.31 Å². The second kappa shape index (κ2) is 8.49. The topological polar surface area (TPSA) is 106 Å². The van der Waals surface area contributed by atoms with Gasteiger partial charge in [0.2, 0.25) is 0 Å². The molecule has 9 heteroatoms. The van der Waals surface area contributed by atoms with Crippen LogP contribution in [-0.2, 0) is 11.2 Å². The van der Waals surface area contributed by atoms with Crippen molar-refractivity contribution in [3.63, 3.8) is 0 Å². The van der Waals surface area contributed by atoms with Crippen LogP contribution >= 0.6 is 11.6 Å². The van der Waals surface area contributed by atoms with Gasteiger partial charge in [-0.05, 0) is 31.4 Å². The van der Waals surface area contributed by atoms with Crippen LogP contribution in [0.1, 0.15) is 41.4 Å². The zero-order valence-electron chi connectivity index (χ0n) is 16.7. The van der Waals surface area contributed by atoms with E-state index in [9.17, 15) is 9.59 Å². The lowest BCUT2D eigenvalue weighted by Crippen LogP contribution is -2.43. The number of nitrogens with one attached hydrogen (secondary N) is 1. The van der Waals surface area contributed by atoms with Gasteiger partial charge in [0.05, 0.1) is 12.8 Å². The summed E-state index contributed by atoms with van der Waals surface area (Å²) in [4.78, 5) is 29.8. The first kappa shape index (κ1) is 20.4. The van der Waals surface area contributed by atoms with Crippen molar-refractivity contribution >= 4 is 28.9 Å². The van der Waals surface area contributed by atoms with Gasteiger partial charge in [-0.15, -0.1) is 5.10 Å². The first-order chi connectivity index (χ1) is 14.5. The van der Waals surface area contributed by atoms with Gasteiger partial charge in [-0.2, -0.15) is 0 Å². The van der Waals surface area contributed by atoms with Gasteiger partial charge in [0, 0.05) is 36.1 Å². The molecule has 0 amide bonds. The highest BCUT2D eigenvalue weighted by molar-refractivity contribution is 6.31. The number of carbonyl (C=O) groups excluding carboxylic acids is 1. The number of nitrogens with zero attached hydrogens (tertiary/aromatic N) is 3. The predicted octanol–water partition coefficient (Wildman–Crippen LogP) is 2.37. The molecule has 2 aromatic heterocycles. The van der Waals surface area contributed by atoms with E-state index in [1.54, 1.807) is 6.92 Å². The number of hydrogen-bond acceptors (Lipinski definition) is 6. The second-order valence-corrected chi connectivity index (χ2v) is 7.84. The molecule has 1 aliphatic heterocycles. The maximum absolute atomic E-state index is 13.0. The van der Waals surface area contributed by atoms with E-state index in [-0.39, 0.29) is 18.3 Å². The molecular formula is C21H24ClN5O3. The van der Waals surface area contributed by atoms with E-state index in [1.165, 1.54) is 10.7 Å². The molecule has 0 spiro atoms. The van der Waals surface area contributed by atoms with Gasteiger partial charge < -0.3 is 20.4 Å². The maximum Gasteiger partial charge on any atom is 0.356 e. The normalized spacial score (nSPS) is 16.8. The fourth-order valence-corrected chi connectivity index (χ4v) is 4.09. The van der Waals surface area contributed by atoms with Gasteiger partial charge in [0.15, 0.2) is 5.82 Å². The summed E-state index contributed by atoms with van der Waals surface area (Å²) in [5, 5.41) is 5.30. The molecule has 3 heterocycles. The minimum Gasteiger partial charge on any atom is -0.461 e. The van der Waals surface area contributed by atoms with Crippen molar-refractivity contribution in [3.05, 3.63) is 62.7 Å². The number of fused-ring (bicyclic) bond motifs is 1. The van der Waals surface area contributed by atoms with E-state index in [4.69, 9.17) is 22.1 Å². The number of esters is 1. The maximum atomic E-state index is 13.0. The van der Waals surface area contributed by atoms with E-state index in [2.05, 4.69) is 15.0 Å². The molecule has 0 unspecified atom stereocenters. The number of H-pyrrole nitrogens is 1. The fourth-order valence-electron chi connectivity index (χ4n) is 3.89. The number of aromatic amines is 1. The molecule has 158 valence electrons. The van der Waals surface area contributed by atoms with Crippen LogP contribution in [0, 0.1) is 0 Å². The number of halogens is 1. The Morgan fingerprint density at radius 2 is 2.20 bits per heavy atom. The number of piperidine rings is 1. The molecule has 30 heavy (non-hydrogen) atoms. The highest BCUT2D eigenvalue weighted by Gasteiger charge is 2.26. The average Bonchev–Trinajstić information content (AvgIpc) is 3.09.